The molecule has 0 saturated heterocycles. The summed E-state index contributed by atoms with van der Waals surface area (Å²) < 4.78 is 5.39. The van der Waals surface area contributed by atoms with Crippen molar-refractivity contribution in [2.45, 2.75) is 19.7 Å². The van der Waals surface area contributed by atoms with Gasteiger partial charge in [-0.1, -0.05) is 0 Å². The van der Waals surface area contributed by atoms with Gasteiger partial charge in [-0.25, -0.2) is 0 Å². The van der Waals surface area contributed by atoms with Crippen LogP contribution in [-0.4, -0.2) is 12.1 Å². The molecule has 1 heterocycles. The van der Waals surface area contributed by atoms with E-state index in [9.17, 15) is 0 Å². The Hall–Kier alpha value is -1.54. The third kappa shape index (κ3) is 2.49. The first kappa shape index (κ1) is 12.9. The molecule has 0 saturated carbocycles. The summed E-state index contributed by atoms with van der Waals surface area (Å²) in [4.78, 5) is 4.39. The highest BCUT2D eigenvalue weighted by molar-refractivity contribution is 6.17. The normalized spacial score (nSPS) is 10.4. The van der Waals surface area contributed by atoms with Gasteiger partial charge in [0.15, 0.2) is 0 Å². The maximum atomic E-state index is 5.85. The van der Waals surface area contributed by atoms with Crippen LogP contribution in [0.25, 0.3) is 11.3 Å². The molecule has 0 bridgehead atoms. The standard InChI is InChI=1S/C15H16ClNO/c1-10-6-13(8-15(18-3)11(10)2)14-7-12(9-16)4-5-17-14/h4-8H,9H2,1-3H3. The molecule has 3 heteroatoms. The Labute approximate surface area is 113 Å². The molecular formula is C15H16ClNO. The zero-order valence-electron chi connectivity index (χ0n) is 10.8. The summed E-state index contributed by atoms with van der Waals surface area (Å²) in [7, 11) is 1.69. The number of benzene rings is 1. The topological polar surface area (TPSA) is 22.1 Å². The number of methoxy groups -OCH3 is 1. The van der Waals surface area contributed by atoms with Gasteiger partial charge in [0.2, 0.25) is 0 Å². The van der Waals surface area contributed by atoms with Gasteiger partial charge >= 0.3 is 0 Å². The Kier molecular flexibility index (Phi) is 3.87. The predicted molar refractivity (Wildman–Crippen MR) is 75.3 cm³/mol. The number of alkyl halides is 1. The van der Waals surface area contributed by atoms with Crippen LogP contribution >= 0.6 is 11.6 Å². The van der Waals surface area contributed by atoms with Crippen LogP contribution in [0.2, 0.25) is 0 Å². The van der Waals surface area contributed by atoms with E-state index in [4.69, 9.17) is 16.3 Å². The van der Waals surface area contributed by atoms with Crippen LogP contribution in [0.3, 0.4) is 0 Å². The highest BCUT2D eigenvalue weighted by Gasteiger charge is 2.07. The number of rotatable bonds is 3. The molecule has 0 spiro atoms. The first-order chi connectivity index (χ1) is 8.65. The molecule has 0 amide bonds. The third-order valence-corrected chi connectivity index (χ3v) is 3.42. The fraction of sp³-hybridized carbons (Fsp3) is 0.267. The maximum absolute atomic E-state index is 5.85. The van der Waals surface area contributed by atoms with E-state index in [-0.39, 0.29) is 0 Å². The minimum Gasteiger partial charge on any atom is -0.496 e. The number of hydrogen-bond donors (Lipinski definition) is 0. The van der Waals surface area contributed by atoms with Crippen molar-refractivity contribution in [3.63, 3.8) is 0 Å². The van der Waals surface area contributed by atoms with Crippen LogP contribution in [0.15, 0.2) is 30.5 Å². The molecule has 1 aromatic carbocycles. The highest BCUT2D eigenvalue weighted by atomic mass is 35.5. The lowest BCUT2D eigenvalue weighted by molar-refractivity contribution is 0.411. The molecule has 0 aliphatic carbocycles. The minimum atomic E-state index is 0.498. The summed E-state index contributed by atoms with van der Waals surface area (Å²) in [6, 6.07) is 8.08. The molecular weight excluding hydrogens is 246 g/mol. The Bertz CT molecular complexity index is 566. The van der Waals surface area contributed by atoms with Gasteiger partial charge in [-0.3, -0.25) is 4.98 Å². The number of ether oxygens (including phenoxy) is 1. The Morgan fingerprint density at radius 3 is 2.67 bits per heavy atom. The van der Waals surface area contributed by atoms with Crippen LogP contribution in [-0.2, 0) is 5.88 Å². The average molecular weight is 262 g/mol. The number of halogens is 1. The number of aromatic nitrogens is 1. The molecule has 1 aromatic heterocycles. The van der Waals surface area contributed by atoms with Crippen molar-refractivity contribution in [1.82, 2.24) is 4.98 Å². The second kappa shape index (κ2) is 5.40. The summed E-state index contributed by atoms with van der Waals surface area (Å²) in [6.45, 7) is 4.13. The summed E-state index contributed by atoms with van der Waals surface area (Å²) >= 11 is 5.85. The quantitative estimate of drug-likeness (QED) is 0.776. The van der Waals surface area contributed by atoms with Gasteiger partial charge in [-0.2, -0.15) is 0 Å². The number of pyridine rings is 1. The van der Waals surface area contributed by atoms with Crippen LogP contribution < -0.4 is 4.74 Å². The Balaban J connectivity index is 2.53. The van der Waals surface area contributed by atoms with Crippen molar-refractivity contribution >= 4 is 11.6 Å². The van der Waals surface area contributed by atoms with Crippen molar-refractivity contribution in [3.05, 3.63) is 47.2 Å². The minimum absolute atomic E-state index is 0.498. The van der Waals surface area contributed by atoms with E-state index < -0.39 is 0 Å². The zero-order valence-corrected chi connectivity index (χ0v) is 11.6. The van der Waals surface area contributed by atoms with Gasteiger partial charge in [0.05, 0.1) is 12.8 Å². The molecule has 0 radical (unpaired) electrons. The Morgan fingerprint density at radius 2 is 2.00 bits per heavy atom. The number of aryl methyl sites for hydroxylation is 1. The van der Waals surface area contributed by atoms with E-state index in [1.807, 2.05) is 18.2 Å². The predicted octanol–water partition coefficient (Wildman–Crippen LogP) is 4.11. The summed E-state index contributed by atoms with van der Waals surface area (Å²) in [6.07, 6.45) is 1.79. The molecule has 18 heavy (non-hydrogen) atoms. The van der Waals surface area contributed by atoms with Gasteiger partial charge < -0.3 is 4.74 Å². The molecule has 2 aromatic rings. The van der Waals surface area contributed by atoms with Crippen LogP contribution in [0.1, 0.15) is 16.7 Å². The van der Waals surface area contributed by atoms with Crippen LogP contribution in [0, 0.1) is 13.8 Å². The second-order valence-corrected chi connectivity index (χ2v) is 4.57. The average Bonchev–Trinajstić information content (AvgIpc) is 2.41. The molecule has 0 aliphatic heterocycles. The van der Waals surface area contributed by atoms with Gasteiger partial charge in [0, 0.05) is 17.6 Å². The van der Waals surface area contributed by atoms with Crippen molar-refractivity contribution in [2.75, 3.05) is 7.11 Å². The highest BCUT2D eigenvalue weighted by Crippen LogP contribution is 2.29. The van der Waals surface area contributed by atoms with Crippen molar-refractivity contribution in [1.29, 1.82) is 0 Å². The molecule has 0 atom stereocenters. The van der Waals surface area contributed by atoms with Crippen LogP contribution in [0.5, 0.6) is 5.75 Å². The van der Waals surface area contributed by atoms with Crippen LogP contribution in [0.4, 0.5) is 0 Å². The summed E-state index contributed by atoms with van der Waals surface area (Å²) in [5.74, 6) is 1.39. The van der Waals surface area contributed by atoms with Crippen molar-refractivity contribution < 1.29 is 4.74 Å². The lowest BCUT2D eigenvalue weighted by Crippen LogP contribution is -1.93. The smallest absolute Gasteiger partial charge is 0.122 e. The molecule has 2 nitrogen and oxygen atoms in total. The third-order valence-electron chi connectivity index (χ3n) is 3.11. The number of hydrogen-bond acceptors (Lipinski definition) is 2. The van der Waals surface area contributed by atoms with Crippen molar-refractivity contribution in [2.24, 2.45) is 0 Å². The fourth-order valence-corrected chi connectivity index (χ4v) is 2.07. The van der Waals surface area contributed by atoms with E-state index in [0.717, 1.165) is 28.1 Å². The lowest BCUT2D eigenvalue weighted by atomic mass is 10.0. The summed E-state index contributed by atoms with van der Waals surface area (Å²) in [5, 5.41) is 0. The molecule has 94 valence electrons. The zero-order chi connectivity index (χ0) is 13.1. The monoisotopic (exact) mass is 261 g/mol. The van der Waals surface area contributed by atoms with E-state index in [0.29, 0.717) is 5.88 Å². The largest absolute Gasteiger partial charge is 0.496 e. The Morgan fingerprint density at radius 1 is 1.22 bits per heavy atom. The van der Waals surface area contributed by atoms with Gasteiger partial charge in [-0.15, -0.1) is 11.6 Å². The number of nitrogens with zero attached hydrogens (tertiary/aromatic N) is 1. The van der Waals surface area contributed by atoms with E-state index in [1.54, 1.807) is 13.3 Å². The van der Waals surface area contributed by atoms with Crippen molar-refractivity contribution in [3.8, 4) is 17.0 Å². The fourth-order valence-electron chi connectivity index (χ4n) is 1.90. The maximum Gasteiger partial charge on any atom is 0.122 e. The van der Waals surface area contributed by atoms with E-state index >= 15 is 0 Å². The SMILES string of the molecule is COc1cc(-c2cc(CCl)ccn2)cc(C)c1C. The molecule has 0 aliphatic rings. The first-order valence-corrected chi connectivity index (χ1v) is 6.35. The van der Waals surface area contributed by atoms with Gasteiger partial charge in [0.25, 0.3) is 0 Å². The molecule has 2 rings (SSSR count). The van der Waals surface area contributed by atoms with Gasteiger partial charge in [-0.05, 0) is 54.8 Å². The van der Waals surface area contributed by atoms with E-state index in [1.165, 1.54) is 5.56 Å². The molecule has 0 unspecified atom stereocenters. The molecule has 0 N–H and O–H groups in total. The van der Waals surface area contributed by atoms with E-state index in [2.05, 4.69) is 24.9 Å². The first-order valence-electron chi connectivity index (χ1n) is 5.82. The molecule has 0 fully saturated rings. The second-order valence-electron chi connectivity index (χ2n) is 4.30. The summed E-state index contributed by atoms with van der Waals surface area (Å²) in [5.41, 5.74) is 5.41. The lowest BCUT2D eigenvalue weighted by Gasteiger charge is -2.11. The van der Waals surface area contributed by atoms with Gasteiger partial charge in [0.1, 0.15) is 5.75 Å².